The minimum Gasteiger partial charge on any atom is -0.744 e. The van der Waals surface area contributed by atoms with E-state index < -0.39 is 32.3 Å². The van der Waals surface area contributed by atoms with Gasteiger partial charge in [-0.25, -0.2) is 8.42 Å². The molecule has 0 spiro atoms. The van der Waals surface area contributed by atoms with Crippen molar-refractivity contribution in [2.24, 2.45) is 0 Å². The fraction of sp³-hybridized carbons (Fsp3) is 0. The Labute approximate surface area is 199 Å². The summed E-state index contributed by atoms with van der Waals surface area (Å²) in [5, 5.41) is 3.15. The summed E-state index contributed by atoms with van der Waals surface area (Å²) in [5.41, 5.74) is 5.45. The quantitative estimate of drug-likeness (QED) is 0.262. The van der Waals surface area contributed by atoms with Crippen LogP contribution in [0.2, 0.25) is 5.02 Å². The zero-order valence-electron chi connectivity index (χ0n) is 15.6. The molecule has 0 radical (unpaired) electrons. The Hall–Kier alpha value is -2.20. The predicted octanol–water partition coefficient (Wildman–Crippen LogP) is 0.349. The van der Waals surface area contributed by atoms with Crippen LogP contribution in [0.1, 0.15) is 31.8 Å². The fourth-order valence-corrected chi connectivity index (χ4v) is 4.12. The number of carbonyl (C=O) groups is 2. The number of ketones is 2. The van der Waals surface area contributed by atoms with Crippen LogP contribution in [-0.2, 0) is 10.1 Å². The summed E-state index contributed by atoms with van der Waals surface area (Å²) < 4.78 is 35.3. The predicted molar refractivity (Wildman–Crippen MR) is 107 cm³/mol. The van der Waals surface area contributed by atoms with Gasteiger partial charge in [-0.15, -0.1) is 0 Å². The summed E-state index contributed by atoms with van der Waals surface area (Å²) in [5.74, 6) is -1.16. The number of hydrogen-bond acceptors (Lipinski definition) is 7. The molecule has 0 bridgehead atoms. The van der Waals surface area contributed by atoms with Crippen LogP contribution in [-0.4, -0.2) is 24.5 Å². The summed E-state index contributed by atoms with van der Waals surface area (Å²) in [4.78, 5) is 25.4. The number of nitrogens with two attached hydrogens (primary N) is 1. The molecule has 1 aliphatic carbocycles. The van der Waals surface area contributed by atoms with Crippen LogP contribution in [0.25, 0.3) is 0 Å². The first-order valence-corrected chi connectivity index (χ1v) is 10.1. The van der Waals surface area contributed by atoms with E-state index in [0.29, 0.717) is 10.7 Å². The molecule has 0 amide bonds. The first kappa shape index (κ1) is 22.5. The maximum absolute atomic E-state index is 13.2. The molecule has 7 nitrogen and oxygen atoms in total. The average Bonchev–Trinajstić information content (AvgIpc) is 2.68. The Balaban J connectivity index is 0.00000256. The zero-order valence-corrected chi connectivity index (χ0v) is 19.2. The number of anilines is 3. The van der Waals surface area contributed by atoms with Crippen LogP contribution in [0.3, 0.4) is 0 Å². The summed E-state index contributed by atoms with van der Waals surface area (Å²) in [7, 11) is -5.02. The molecule has 4 rings (SSSR count). The van der Waals surface area contributed by atoms with Crippen molar-refractivity contribution in [1.29, 1.82) is 0 Å². The molecule has 0 aliphatic heterocycles. The van der Waals surface area contributed by atoms with Gasteiger partial charge in [0.1, 0.15) is 10.1 Å². The number of nitrogen functional groups attached to an aromatic ring is 1. The third kappa shape index (κ3) is 3.66. The smallest absolute Gasteiger partial charge is 0.744 e. The van der Waals surface area contributed by atoms with E-state index in [1.807, 2.05) is 0 Å². The van der Waals surface area contributed by atoms with Crippen molar-refractivity contribution in [3.8, 4) is 0 Å². The summed E-state index contributed by atoms with van der Waals surface area (Å²) >= 11 is 6.15. The standard InChI is InChI=1S/C20H13ClN2O5S.Na/c21-12-7-3-4-8-13(12)23-14-9-15(29(26,27)28)18(22)17-16(14)19(24)10-5-1-2-6-11(10)20(17)25;/h1-9,23H,22H2,(H,26,27,28);/q;+1/p-1. The number of hydrogen-bond donors (Lipinski definition) is 2. The Bertz CT molecular complexity index is 1320. The van der Waals surface area contributed by atoms with Crippen molar-refractivity contribution in [2.45, 2.75) is 4.90 Å². The molecule has 0 saturated heterocycles. The molecule has 30 heavy (non-hydrogen) atoms. The number of benzene rings is 3. The van der Waals surface area contributed by atoms with Crippen molar-refractivity contribution < 1.29 is 52.1 Å². The van der Waals surface area contributed by atoms with E-state index in [1.54, 1.807) is 36.4 Å². The van der Waals surface area contributed by atoms with Gasteiger partial charge in [-0.05, 0) is 18.2 Å². The second-order valence-corrected chi connectivity index (χ2v) is 8.10. The third-order valence-electron chi connectivity index (χ3n) is 4.61. The van der Waals surface area contributed by atoms with Crippen LogP contribution < -0.4 is 40.6 Å². The van der Waals surface area contributed by atoms with Crippen molar-refractivity contribution in [1.82, 2.24) is 0 Å². The zero-order chi connectivity index (χ0) is 20.9. The molecular formula is C20H12ClN2NaO5S. The SMILES string of the molecule is Nc1c(S(=O)(=O)[O-])cc(Nc2ccccc2Cl)c2c1C(=O)c1ccccc1C2=O.[Na+]. The van der Waals surface area contributed by atoms with Gasteiger partial charge in [0.15, 0.2) is 11.6 Å². The molecule has 0 saturated carbocycles. The molecule has 10 heteroatoms. The van der Waals surface area contributed by atoms with Crippen LogP contribution in [0, 0.1) is 0 Å². The Morgan fingerprint density at radius 1 is 0.867 bits per heavy atom. The van der Waals surface area contributed by atoms with Crippen molar-refractivity contribution >= 4 is 50.3 Å². The molecule has 3 N–H and O–H groups in total. The normalized spacial score (nSPS) is 12.6. The van der Waals surface area contributed by atoms with Crippen molar-refractivity contribution in [2.75, 3.05) is 11.1 Å². The van der Waals surface area contributed by atoms with Gasteiger partial charge in [0.2, 0.25) is 0 Å². The summed E-state index contributed by atoms with van der Waals surface area (Å²) in [6.07, 6.45) is 0. The Morgan fingerprint density at radius 3 is 1.97 bits per heavy atom. The van der Waals surface area contributed by atoms with Gasteiger partial charge >= 0.3 is 29.6 Å². The van der Waals surface area contributed by atoms with Crippen LogP contribution in [0.5, 0.6) is 0 Å². The van der Waals surface area contributed by atoms with Gasteiger partial charge in [-0.2, -0.15) is 0 Å². The van der Waals surface area contributed by atoms with Crippen molar-refractivity contribution in [3.63, 3.8) is 0 Å². The van der Waals surface area contributed by atoms with E-state index in [-0.39, 0.29) is 57.5 Å². The maximum atomic E-state index is 13.2. The molecule has 0 atom stereocenters. The van der Waals surface area contributed by atoms with Gasteiger partial charge < -0.3 is 15.6 Å². The van der Waals surface area contributed by atoms with Gasteiger partial charge in [0, 0.05) is 11.1 Å². The van der Waals surface area contributed by atoms with Crippen LogP contribution >= 0.6 is 11.6 Å². The average molecular weight is 451 g/mol. The monoisotopic (exact) mass is 450 g/mol. The van der Waals surface area contributed by atoms with E-state index >= 15 is 0 Å². The minimum atomic E-state index is -5.02. The number of rotatable bonds is 3. The number of nitrogens with one attached hydrogen (secondary N) is 1. The summed E-state index contributed by atoms with van der Waals surface area (Å²) in [6.45, 7) is 0. The van der Waals surface area contributed by atoms with Gasteiger partial charge in [-0.1, -0.05) is 48.0 Å². The number of fused-ring (bicyclic) bond motifs is 2. The molecule has 146 valence electrons. The topological polar surface area (TPSA) is 129 Å². The number of para-hydroxylation sites is 1. The maximum Gasteiger partial charge on any atom is 1.00 e. The fourth-order valence-electron chi connectivity index (χ4n) is 3.31. The molecule has 0 aromatic heterocycles. The molecule has 0 unspecified atom stereocenters. The van der Waals surface area contributed by atoms with Crippen molar-refractivity contribution in [3.05, 3.63) is 81.9 Å². The second-order valence-electron chi connectivity index (χ2n) is 6.35. The van der Waals surface area contributed by atoms with Crippen LogP contribution in [0.15, 0.2) is 59.5 Å². The minimum absolute atomic E-state index is 0. The molecule has 0 heterocycles. The second kappa shape index (κ2) is 8.14. The summed E-state index contributed by atoms with van der Waals surface area (Å²) in [6, 6.07) is 13.6. The van der Waals surface area contributed by atoms with Gasteiger partial charge in [0.25, 0.3) is 0 Å². The molecular weight excluding hydrogens is 439 g/mol. The van der Waals surface area contributed by atoms with E-state index in [9.17, 15) is 22.6 Å². The third-order valence-corrected chi connectivity index (χ3v) is 5.82. The number of carbonyl (C=O) groups excluding carboxylic acids is 2. The molecule has 0 fully saturated rings. The molecule has 3 aromatic rings. The van der Waals surface area contributed by atoms with Crippen LogP contribution in [0.4, 0.5) is 17.1 Å². The largest absolute Gasteiger partial charge is 1.00 e. The Kier molecular flexibility index (Phi) is 6.10. The van der Waals surface area contributed by atoms with E-state index in [1.165, 1.54) is 12.1 Å². The van der Waals surface area contributed by atoms with Gasteiger partial charge in [-0.3, -0.25) is 9.59 Å². The van der Waals surface area contributed by atoms with Gasteiger partial charge in [0.05, 0.1) is 38.1 Å². The van der Waals surface area contributed by atoms with E-state index in [0.717, 1.165) is 6.07 Å². The molecule has 3 aromatic carbocycles. The first-order chi connectivity index (χ1) is 13.7. The Morgan fingerprint density at radius 2 is 1.40 bits per heavy atom. The first-order valence-electron chi connectivity index (χ1n) is 8.32. The van der Waals surface area contributed by atoms with E-state index in [2.05, 4.69) is 5.32 Å². The van der Waals surface area contributed by atoms with E-state index in [4.69, 9.17) is 17.3 Å². The number of halogens is 1. The molecule has 1 aliphatic rings.